The molecule has 3 aromatic rings. The highest BCUT2D eigenvalue weighted by molar-refractivity contribution is 7.89. The maximum atomic E-state index is 12.6. The number of aryl methyl sites for hydroxylation is 1. The number of imidazole rings is 1. The highest BCUT2D eigenvalue weighted by Gasteiger charge is 2.22. The van der Waals surface area contributed by atoms with Crippen LogP contribution in [0.25, 0.3) is 5.69 Å². The van der Waals surface area contributed by atoms with Gasteiger partial charge >= 0.3 is 0 Å². The quantitative estimate of drug-likeness (QED) is 0.677. The normalized spacial score (nSPS) is 14.5. The van der Waals surface area contributed by atoms with Crippen molar-refractivity contribution in [2.24, 2.45) is 0 Å². The first-order valence-electron chi connectivity index (χ1n) is 9.43. The van der Waals surface area contributed by atoms with Crippen LogP contribution >= 0.6 is 0 Å². The minimum Gasteiger partial charge on any atom is -0.312 e. The second-order valence-electron chi connectivity index (χ2n) is 6.98. The fraction of sp³-hybridized carbons (Fsp3) is 0.238. The first-order valence-corrected chi connectivity index (χ1v) is 10.9. The van der Waals surface area contributed by atoms with Crippen LogP contribution in [0.3, 0.4) is 0 Å². The third-order valence-corrected chi connectivity index (χ3v) is 6.46. The molecule has 0 radical (unpaired) electrons. The average Bonchev–Trinajstić information content (AvgIpc) is 3.35. The second-order valence-corrected chi connectivity index (χ2v) is 8.75. The Morgan fingerprint density at radius 3 is 2.31 bits per heavy atom. The Kier molecular flexibility index (Phi) is 5.21. The van der Waals surface area contributed by atoms with Gasteiger partial charge in [0.05, 0.1) is 4.90 Å². The van der Waals surface area contributed by atoms with Crippen LogP contribution in [0, 0.1) is 6.92 Å². The first-order chi connectivity index (χ1) is 13.9. The number of amides is 1. The molecule has 0 unspecified atom stereocenters. The summed E-state index contributed by atoms with van der Waals surface area (Å²) in [7, 11) is -3.64. The number of carbonyl (C=O) groups excluding carboxylic acids is 1. The SMILES string of the molecule is Cc1nccn1-c1ccc(CNS(=O)(=O)c2ccc(N3CCCC3=O)cc2)cc1. The minimum atomic E-state index is -3.64. The molecule has 1 fully saturated rings. The summed E-state index contributed by atoms with van der Waals surface area (Å²) in [5.41, 5.74) is 2.56. The van der Waals surface area contributed by atoms with Crippen molar-refractivity contribution in [2.45, 2.75) is 31.2 Å². The Hall–Kier alpha value is -2.97. The summed E-state index contributed by atoms with van der Waals surface area (Å²) in [5, 5.41) is 0. The Labute approximate surface area is 170 Å². The van der Waals surface area contributed by atoms with Crippen LogP contribution in [0.15, 0.2) is 65.8 Å². The lowest BCUT2D eigenvalue weighted by atomic mass is 10.2. The summed E-state index contributed by atoms with van der Waals surface area (Å²) in [6, 6.07) is 14.1. The molecule has 1 amide bonds. The Morgan fingerprint density at radius 2 is 1.72 bits per heavy atom. The third kappa shape index (κ3) is 4.08. The van der Waals surface area contributed by atoms with E-state index in [1.165, 1.54) is 12.1 Å². The monoisotopic (exact) mass is 410 g/mol. The molecule has 0 bridgehead atoms. The summed E-state index contributed by atoms with van der Waals surface area (Å²) in [6.45, 7) is 2.79. The number of aromatic nitrogens is 2. The Bertz CT molecular complexity index is 1120. The summed E-state index contributed by atoms with van der Waals surface area (Å²) < 4.78 is 29.8. The highest BCUT2D eigenvalue weighted by atomic mass is 32.2. The number of rotatable bonds is 6. The standard InChI is InChI=1S/C21H22N4O3S/c1-16-22-12-14-24(16)18-6-4-17(5-7-18)15-23-29(27,28)20-10-8-19(9-11-20)25-13-2-3-21(25)26/h4-12,14,23H,2-3,13,15H2,1H3. The number of hydrogen-bond donors (Lipinski definition) is 1. The summed E-state index contributed by atoms with van der Waals surface area (Å²) in [5.74, 6) is 0.964. The van der Waals surface area contributed by atoms with Crippen molar-refractivity contribution in [3.8, 4) is 5.69 Å². The van der Waals surface area contributed by atoms with E-state index in [0.29, 0.717) is 13.0 Å². The van der Waals surface area contributed by atoms with Crippen molar-refractivity contribution in [1.82, 2.24) is 14.3 Å². The highest BCUT2D eigenvalue weighted by Crippen LogP contribution is 2.23. The van der Waals surface area contributed by atoms with E-state index in [4.69, 9.17) is 0 Å². The maximum absolute atomic E-state index is 12.6. The lowest BCUT2D eigenvalue weighted by Crippen LogP contribution is -2.25. The van der Waals surface area contributed by atoms with Gasteiger partial charge in [-0.15, -0.1) is 0 Å². The number of carbonyl (C=O) groups is 1. The number of nitrogens with one attached hydrogen (secondary N) is 1. The van der Waals surface area contributed by atoms with E-state index in [9.17, 15) is 13.2 Å². The number of benzene rings is 2. The molecule has 29 heavy (non-hydrogen) atoms. The lowest BCUT2D eigenvalue weighted by Gasteiger charge is -2.16. The fourth-order valence-electron chi connectivity index (χ4n) is 3.41. The van der Waals surface area contributed by atoms with Crippen LogP contribution in [0.5, 0.6) is 0 Å². The van der Waals surface area contributed by atoms with Crippen molar-refractivity contribution >= 4 is 21.6 Å². The molecule has 0 saturated carbocycles. The molecule has 1 aliphatic rings. The van der Waals surface area contributed by atoms with Gasteiger partial charge in [-0.3, -0.25) is 4.79 Å². The van der Waals surface area contributed by atoms with Crippen molar-refractivity contribution in [3.05, 3.63) is 72.3 Å². The molecule has 1 aromatic heterocycles. The zero-order valence-electron chi connectivity index (χ0n) is 16.1. The average molecular weight is 410 g/mol. The van der Waals surface area contributed by atoms with Crippen molar-refractivity contribution in [3.63, 3.8) is 0 Å². The molecule has 7 nitrogen and oxygen atoms in total. The summed E-state index contributed by atoms with van der Waals surface area (Å²) >= 11 is 0. The van der Waals surface area contributed by atoms with E-state index in [1.54, 1.807) is 23.2 Å². The number of sulfonamides is 1. The topological polar surface area (TPSA) is 84.3 Å². The van der Waals surface area contributed by atoms with Gasteiger partial charge in [0.25, 0.3) is 0 Å². The molecule has 150 valence electrons. The van der Waals surface area contributed by atoms with Crippen molar-refractivity contribution in [1.29, 1.82) is 0 Å². The zero-order chi connectivity index (χ0) is 20.4. The largest absolute Gasteiger partial charge is 0.312 e. The maximum Gasteiger partial charge on any atom is 0.240 e. The predicted octanol–water partition coefficient (Wildman–Crippen LogP) is 2.79. The van der Waals surface area contributed by atoms with Gasteiger partial charge in [0.2, 0.25) is 15.9 Å². The molecular formula is C21H22N4O3S. The van der Waals surface area contributed by atoms with Gasteiger partial charge in [-0.05, 0) is 55.3 Å². The number of anilines is 1. The van der Waals surface area contributed by atoms with Crippen LogP contribution < -0.4 is 9.62 Å². The first kappa shape index (κ1) is 19.4. The fourth-order valence-corrected chi connectivity index (χ4v) is 4.43. The van der Waals surface area contributed by atoms with Crippen LogP contribution in [-0.2, 0) is 21.4 Å². The van der Waals surface area contributed by atoms with E-state index in [2.05, 4.69) is 9.71 Å². The van der Waals surface area contributed by atoms with Gasteiger partial charge in [0.1, 0.15) is 5.82 Å². The Balaban J connectivity index is 1.42. The van der Waals surface area contributed by atoms with Crippen LogP contribution in [0.4, 0.5) is 5.69 Å². The second kappa shape index (κ2) is 7.81. The van der Waals surface area contributed by atoms with Gasteiger partial charge in [-0.25, -0.2) is 18.1 Å². The van der Waals surface area contributed by atoms with Crippen LogP contribution in [-0.4, -0.2) is 30.4 Å². The van der Waals surface area contributed by atoms with E-state index >= 15 is 0 Å². The van der Waals surface area contributed by atoms with E-state index in [1.807, 2.05) is 42.0 Å². The van der Waals surface area contributed by atoms with Gasteiger partial charge in [-0.1, -0.05) is 12.1 Å². The molecule has 2 aromatic carbocycles. The molecule has 0 aliphatic carbocycles. The molecule has 4 rings (SSSR count). The van der Waals surface area contributed by atoms with Gasteiger partial charge in [-0.2, -0.15) is 0 Å². The Morgan fingerprint density at radius 1 is 1.03 bits per heavy atom. The molecular weight excluding hydrogens is 388 g/mol. The molecule has 2 heterocycles. The lowest BCUT2D eigenvalue weighted by molar-refractivity contribution is -0.117. The van der Waals surface area contributed by atoms with Crippen LogP contribution in [0.2, 0.25) is 0 Å². The molecule has 0 atom stereocenters. The molecule has 8 heteroatoms. The smallest absolute Gasteiger partial charge is 0.240 e. The molecule has 1 N–H and O–H groups in total. The van der Waals surface area contributed by atoms with Gasteiger partial charge in [0.15, 0.2) is 0 Å². The van der Waals surface area contributed by atoms with Gasteiger partial charge in [0, 0.05) is 43.3 Å². The van der Waals surface area contributed by atoms with E-state index < -0.39 is 10.0 Å². The molecule has 1 aliphatic heterocycles. The minimum absolute atomic E-state index is 0.0769. The van der Waals surface area contributed by atoms with Crippen molar-refractivity contribution < 1.29 is 13.2 Å². The third-order valence-electron chi connectivity index (χ3n) is 5.04. The van der Waals surface area contributed by atoms with Gasteiger partial charge < -0.3 is 9.47 Å². The molecule has 1 saturated heterocycles. The summed E-state index contributed by atoms with van der Waals surface area (Å²) in [4.78, 5) is 17.9. The van der Waals surface area contributed by atoms with Crippen LogP contribution in [0.1, 0.15) is 24.2 Å². The molecule has 0 spiro atoms. The summed E-state index contributed by atoms with van der Waals surface area (Å²) in [6.07, 6.45) is 5.00. The van der Waals surface area contributed by atoms with Crippen molar-refractivity contribution in [2.75, 3.05) is 11.4 Å². The predicted molar refractivity (Wildman–Crippen MR) is 110 cm³/mol. The van der Waals surface area contributed by atoms with E-state index in [0.717, 1.165) is 29.2 Å². The van der Waals surface area contributed by atoms with E-state index in [-0.39, 0.29) is 17.3 Å². The number of hydrogen-bond acceptors (Lipinski definition) is 4. The zero-order valence-corrected chi connectivity index (χ0v) is 16.9. The number of nitrogens with zero attached hydrogens (tertiary/aromatic N) is 3.